The van der Waals surface area contributed by atoms with E-state index in [0.29, 0.717) is 12.2 Å². The Labute approximate surface area is 181 Å². The summed E-state index contributed by atoms with van der Waals surface area (Å²) in [5.74, 6) is -0.0907. The van der Waals surface area contributed by atoms with E-state index >= 15 is 0 Å². The summed E-state index contributed by atoms with van der Waals surface area (Å²) >= 11 is 1.57. The SMILES string of the molecule is CCn1nc(C(=O)N(CCN2CCOCC2)c2nc3c(C)c(C)ccc3s2)cc1C. The number of rotatable bonds is 6. The molecule has 0 aliphatic carbocycles. The first-order chi connectivity index (χ1) is 14.5. The summed E-state index contributed by atoms with van der Waals surface area (Å²) in [6.45, 7) is 13.6. The second-order valence-electron chi connectivity index (χ2n) is 7.75. The topological polar surface area (TPSA) is 63.5 Å². The maximum Gasteiger partial charge on any atom is 0.280 e. The summed E-state index contributed by atoms with van der Waals surface area (Å²) in [5, 5.41) is 5.26. The van der Waals surface area contributed by atoms with E-state index in [4.69, 9.17) is 9.72 Å². The van der Waals surface area contributed by atoms with Crippen LogP contribution >= 0.6 is 11.3 Å². The van der Waals surface area contributed by atoms with E-state index in [0.717, 1.165) is 60.4 Å². The number of morpholine rings is 1. The van der Waals surface area contributed by atoms with Crippen LogP contribution in [0.15, 0.2) is 18.2 Å². The molecular formula is C22H29N5O2S. The third kappa shape index (κ3) is 4.12. The Bertz CT molecular complexity index is 1050. The molecular weight excluding hydrogens is 398 g/mol. The summed E-state index contributed by atoms with van der Waals surface area (Å²) in [6, 6.07) is 6.08. The number of hydrogen-bond donors (Lipinski definition) is 0. The van der Waals surface area contributed by atoms with Crippen molar-refractivity contribution in [2.45, 2.75) is 34.2 Å². The van der Waals surface area contributed by atoms with Gasteiger partial charge in [0.25, 0.3) is 5.91 Å². The van der Waals surface area contributed by atoms with Crippen LogP contribution in [0.25, 0.3) is 10.2 Å². The molecule has 1 aliphatic heterocycles. The molecule has 1 aliphatic rings. The first-order valence-corrected chi connectivity index (χ1v) is 11.3. The van der Waals surface area contributed by atoms with Crippen LogP contribution in [-0.2, 0) is 11.3 Å². The number of nitrogens with zero attached hydrogens (tertiary/aromatic N) is 5. The average Bonchev–Trinajstić information content (AvgIpc) is 3.35. The molecule has 160 valence electrons. The molecule has 3 aromatic rings. The minimum atomic E-state index is -0.0907. The Hall–Kier alpha value is -2.29. The number of carbonyl (C=O) groups excluding carboxylic acids is 1. The number of carbonyl (C=O) groups is 1. The van der Waals surface area contributed by atoms with Crippen LogP contribution in [0.5, 0.6) is 0 Å². The fourth-order valence-electron chi connectivity index (χ4n) is 3.75. The number of amides is 1. The smallest absolute Gasteiger partial charge is 0.280 e. The number of hydrogen-bond acceptors (Lipinski definition) is 6. The molecule has 0 spiro atoms. The van der Waals surface area contributed by atoms with Gasteiger partial charge in [-0.3, -0.25) is 19.3 Å². The zero-order valence-electron chi connectivity index (χ0n) is 18.1. The van der Waals surface area contributed by atoms with E-state index in [1.54, 1.807) is 16.2 Å². The van der Waals surface area contributed by atoms with Gasteiger partial charge in [0.05, 0.1) is 23.4 Å². The van der Waals surface area contributed by atoms with E-state index in [1.165, 1.54) is 11.1 Å². The molecule has 0 bridgehead atoms. The highest BCUT2D eigenvalue weighted by Gasteiger charge is 2.25. The van der Waals surface area contributed by atoms with E-state index in [2.05, 4.69) is 36.0 Å². The zero-order valence-corrected chi connectivity index (χ0v) is 19.0. The number of anilines is 1. The summed E-state index contributed by atoms with van der Waals surface area (Å²) in [7, 11) is 0. The summed E-state index contributed by atoms with van der Waals surface area (Å²) < 4.78 is 8.42. The first-order valence-electron chi connectivity index (χ1n) is 10.5. The molecule has 1 amide bonds. The lowest BCUT2D eigenvalue weighted by molar-refractivity contribution is 0.0391. The second kappa shape index (κ2) is 8.83. The Balaban J connectivity index is 1.67. The van der Waals surface area contributed by atoms with Gasteiger partial charge in [-0.1, -0.05) is 17.4 Å². The van der Waals surface area contributed by atoms with Gasteiger partial charge in [-0.15, -0.1) is 0 Å². The molecule has 2 aromatic heterocycles. The quantitative estimate of drug-likeness (QED) is 0.603. The van der Waals surface area contributed by atoms with Crippen molar-refractivity contribution in [1.29, 1.82) is 0 Å². The monoisotopic (exact) mass is 427 g/mol. The maximum atomic E-state index is 13.5. The number of aromatic nitrogens is 3. The standard InChI is InChI=1S/C22H29N5O2S/c1-5-27-16(3)14-18(24-27)21(28)26(9-8-25-10-12-29-13-11-25)22-23-20-17(4)15(2)6-7-19(20)30-22/h6-7,14H,5,8-13H2,1-4H3. The molecule has 0 atom stereocenters. The Morgan fingerprint density at radius 1 is 1.23 bits per heavy atom. The van der Waals surface area contributed by atoms with Crippen molar-refractivity contribution >= 4 is 32.6 Å². The van der Waals surface area contributed by atoms with Crippen molar-refractivity contribution in [2.24, 2.45) is 0 Å². The number of thiazole rings is 1. The van der Waals surface area contributed by atoms with E-state index < -0.39 is 0 Å². The molecule has 3 heterocycles. The van der Waals surface area contributed by atoms with Gasteiger partial charge in [0.15, 0.2) is 10.8 Å². The average molecular weight is 428 g/mol. The highest BCUT2D eigenvalue weighted by Crippen LogP contribution is 2.32. The second-order valence-corrected chi connectivity index (χ2v) is 8.76. The fourth-order valence-corrected chi connectivity index (χ4v) is 4.80. The molecule has 1 aromatic carbocycles. The number of fused-ring (bicyclic) bond motifs is 1. The molecule has 0 N–H and O–H groups in total. The molecule has 1 fully saturated rings. The Morgan fingerprint density at radius 2 is 2.00 bits per heavy atom. The van der Waals surface area contributed by atoms with Gasteiger partial charge in [0.1, 0.15) is 0 Å². The molecule has 0 unspecified atom stereocenters. The molecule has 1 saturated heterocycles. The molecule has 8 heteroatoms. The van der Waals surface area contributed by atoms with Crippen LogP contribution in [-0.4, -0.2) is 65.0 Å². The van der Waals surface area contributed by atoms with Crippen molar-refractivity contribution in [3.63, 3.8) is 0 Å². The van der Waals surface area contributed by atoms with Gasteiger partial charge < -0.3 is 4.74 Å². The van der Waals surface area contributed by atoms with Crippen LogP contribution in [0.2, 0.25) is 0 Å². The number of aryl methyl sites for hydroxylation is 4. The van der Waals surface area contributed by atoms with Gasteiger partial charge in [-0.25, -0.2) is 4.98 Å². The van der Waals surface area contributed by atoms with Crippen molar-refractivity contribution in [3.8, 4) is 0 Å². The lowest BCUT2D eigenvalue weighted by atomic mass is 10.1. The minimum Gasteiger partial charge on any atom is -0.379 e. The molecule has 30 heavy (non-hydrogen) atoms. The van der Waals surface area contributed by atoms with Gasteiger partial charge >= 0.3 is 0 Å². The fraction of sp³-hybridized carbons (Fsp3) is 0.500. The third-order valence-corrected chi connectivity index (χ3v) is 6.84. The third-order valence-electron chi connectivity index (χ3n) is 5.79. The van der Waals surface area contributed by atoms with Gasteiger partial charge in [-0.2, -0.15) is 5.10 Å². The molecule has 7 nitrogen and oxygen atoms in total. The summed E-state index contributed by atoms with van der Waals surface area (Å²) in [5.41, 5.74) is 4.83. The Kier molecular flexibility index (Phi) is 6.17. The molecule has 0 radical (unpaired) electrons. The minimum absolute atomic E-state index is 0.0907. The summed E-state index contributed by atoms with van der Waals surface area (Å²) in [4.78, 5) is 22.5. The highest BCUT2D eigenvalue weighted by atomic mass is 32.1. The predicted octanol–water partition coefficient (Wildman–Crippen LogP) is 3.42. The van der Waals surface area contributed by atoms with Crippen LogP contribution in [0.4, 0.5) is 5.13 Å². The van der Waals surface area contributed by atoms with Gasteiger partial charge in [-0.05, 0) is 51.0 Å². The zero-order chi connectivity index (χ0) is 21.3. The maximum absolute atomic E-state index is 13.5. The summed E-state index contributed by atoms with van der Waals surface area (Å²) in [6.07, 6.45) is 0. The largest absolute Gasteiger partial charge is 0.379 e. The first kappa shape index (κ1) is 21.0. The predicted molar refractivity (Wildman–Crippen MR) is 121 cm³/mol. The van der Waals surface area contributed by atoms with Gasteiger partial charge in [0, 0.05) is 38.4 Å². The van der Waals surface area contributed by atoms with E-state index in [1.807, 2.05) is 24.6 Å². The van der Waals surface area contributed by atoms with Crippen molar-refractivity contribution < 1.29 is 9.53 Å². The number of benzene rings is 1. The van der Waals surface area contributed by atoms with E-state index in [-0.39, 0.29) is 5.91 Å². The lowest BCUT2D eigenvalue weighted by Gasteiger charge is -2.29. The normalized spacial score (nSPS) is 15.1. The van der Waals surface area contributed by atoms with Crippen LogP contribution in [0.3, 0.4) is 0 Å². The molecule has 4 rings (SSSR count). The number of ether oxygens (including phenoxy) is 1. The lowest BCUT2D eigenvalue weighted by Crippen LogP contribution is -2.43. The van der Waals surface area contributed by atoms with Crippen molar-refractivity contribution in [1.82, 2.24) is 19.7 Å². The van der Waals surface area contributed by atoms with Crippen LogP contribution in [0.1, 0.15) is 34.2 Å². The van der Waals surface area contributed by atoms with Crippen LogP contribution < -0.4 is 4.90 Å². The van der Waals surface area contributed by atoms with Crippen LogP contribution in [0, 0.1) is 20.8 Å². The van der Waals surface area contributed by atoms with Crippen molar-refractivity contribution in [3.05, 3.63) is 40.7 Å². The van der Waals surface area contributed by atoms with Crippen molar-refractivity contribution in [2.75, 3.05) is 44.3 Å². The van der Waals surface area contributed by atoms with E-state index in [9.17, 15) is 4.79 Å². The molecule has 0 saturated carbocycles. The highest BCUT2D eigenvalue weighted by molar-refractivity contribution is 7.22. The van der Waals surface area contributed by atoms with Gasteiger partial charge in [0.2, 0.25) is 0 Å². The Morgan fingerprint density at radius 3 is 2.70 bits per heavy atom.